The van der Waals surface area contributed by atoms with Crippen molar-refractivity contribution in [3.05, 3.63) is 0 Å². The van der Waals surface area contributed by atoms with Crippen molar-refractivity contribution in [3.8, 4) is 0 Å². The fraction of sp³-hybridized carbons (Fsp3) is 0.913. The molecule has 0 radical (unpaired) electrons. The number of ketones is 1. The molecule has 4 aliphatic rings. The molecule has 8 atom stereocenters. The molecule has 3 nitrogen and oxygen atoms in total. The molecule has 152 valence electrons. The number of carbonyl (C=O) groups excluding carboxylic acids is 2. The topological polar surface area (TPSA) is 43.4 Å². The lowest BCUT2D eigenvalue weighted by Crippen LogP contribution is -2.54. The van der Waals surface area contributed by atoms with Crippen molar-refractivity contribution in [2.75, 3.05) is 5.88 Å². The van der Waals surface area contributed by atoms with Crippen molar-refractivity contribution in [1.82, 2.24) is 0 Å². The van der Waals surface area contributed by atoms with Crippen LogP contribution in [-0.2, 0) is 14.3 Å². The summed E-state index contributed by atoms with van der Waals surface area (Å²) in [5.41, 5.74) is 0.556. The molecule has 0 aliphatic heterocycles. The molecule has 0 heterocycles. The van der Waals surface area contributed by atoms with E-state index in [0.29, 0.717) is 17.3 Å². The summed E-state index contributed by atoms with van der Waals surface area (Å²) in [6, 6.07) is 0. The maximum absolute atomic E-state index is 12.5. The number of halogens is 1. The van der Waals surface area contributed by atoms with E-state index in [1.54, 1.807) is 0 Å². The highest BCUT2D eigenvalue weighted by Crippen LogP contribution is 2.67. The van der Waals surface area contributed by atoms with Gasteiger partial charge in [-0.25, -0.2) is 0 Å². The Morgan fingerprint density at radius 1 is 0.963 bits per heavy atom. The second-order valence-corrected chi connectivity index (χ2v) is 10.7. The van der Waals surface area contributed by atoms with Gasteiger partial charge in [0.1, 0.15) is 6.10 Å². The number of ether oxygens (including phenoxy) is 1. The number of Topliss-reactive ketones (excluding diaryl/α,β-unsaturated/α-hetero) is 1. The third kappa shape index (κ3) is 3.07. The van der Waals surface area contributed by atoms with Gasteiger partial charge < -0.3 is 4.74 Å². The Labute approximate surface area is 168 Å². The zero-order chi connectivity index (χ0) is 19.4. The van der Waals surface area contributed by atoms with E-state index in [4.69, 9.17) is 16.3 Å². The first kappa shape index (κ1) is 19.7. The molecule has 0 spiro atoms. The third-order valence-electron chi connectivity index (χ3n) is 9.47. The average molecular weight is 395 g/mol. The lowest BCUT2D eigenvalue weighted by atomic mass is 9.44. The highest BCUT2D eigenvalue weighted by atomic mass is 35.5. The Bertz CT molecular complexity index is 619. The maximum Gasteiger partial charge on any atom is 0.302 e. The SMILES string of the molecule is CC(=O)O[C@@H]1CC[C@@]2(C)[C@@H](CC[C@@H]3[C@@H]2CC[C@]2(C)[C@@H](C(=O)CCl)CC[C@@H]32)C1. The molecule has 0 aromatic rings. The van der Waals surface area contributed by atoms with Gasteiger partial charge in [0.25, 0.3) is 0 Å². The van der Waals surface area contributed by atoms with E-state index in [1.807, 2.05) is 0 Å². The van der Waals surface area contributed by atoms with Crippen LogP contribution >= 0.6 is 11.6 Å². The van der Waals surface area contributed by atoms with Gasteiger partial charge in [0, 0.05) is 12.8 Å². The van der Waals surface area contributed by atoms with Gasteiger partial charge in [-0.1, -0.05) is 13.8 Å². The van der Waals surface area contributed by atoms with Crippen molar-refractivity contribution in [3.63, 3.8) is 0 Å². The summed E-state index contributed by atoms with van der Waals surface area (Å²) in [6.45, 7) is 6.45. The van der Waals surface area contributed by atoms with Crippen molar-refractivity contribution >= 4 is 23.4 Å². The van der Waals surface area contributed by atoms with Crippen LogP contribution in [0.3, 0.4) is 0 Å². The van der Waals surface area contributed by atoms with E-state index in [-0.39, 0.29) is 35.1 Å². The second-order valence-electron chi connectivity index (χ2n) is 10.4. The van der Waals surface area contributed by atoms with Crippen LogP contribution in [0.15, 0.2) is 0 Å². The molecule has 0 aromatic heterocycles. The molecule has 4 rings (SSSR count). The van der Waals surface area contributed by atoms with E-state index in [1.165, 1.54) is 45.4 Å². The van der Waals surface area contributed by atoms with Crippen LogP contribution < -0.4 is 0 Å². The van der Waals surface area contributed by atoms with Gasteiger partial charge in [-0.3, -0.25) is 9.59 Å². The minimum Gasteiger partial charge on any atom is -0.463 e. The average Bonchev–Trinajstić information content (AvgIpc) is 2.98. The highest BCUT2D eigenvalue weighted by molar-refractivity contribution is 6.28. The quantitative estimate of drug-likeness (QED) is 0.476. The predicted octanol–water partition coefficient (Wildman–Crippen LogP) is 5.38. The number of fused-ring (bicyclic) bond motifs is 5. The summed E-state index contributed by atoms with van der Waals surface area (Å²) in [6.07, 6.45) is 10.6. The van der Waals surface area contributed by atoms with Gasteiger partial charge in [-0.15, -0.1) is 11.6 Å². The fourth-order valence-corrected chi connectivity index (χ4v) is 8.37. The van der Waals surface area contributed by atoms with E-state index in [9.17, 15) is 9.59 Å². The van der Waals surface area contributed by atoms with Gasteiger partial charge in [0.15, 0.2) is 5.78 Å². The number of hydrogen-bond acceptors (Lipinski definition) is 3. The predicted molar refractivity (Wildman–Crippen MR) is 106 cm³/mol. The maximum atomic E-state index is 12.5. The van der Waals surface area contributed by atoms with Gasteiger partial charge in [0.2, 0.25) is 0 Å². The first-order valence-electron chi connectivity index (χ1n) is 11.1. The van der Waals surface area contributed by atoms with E-state index in [2.05, 4.69) is 13.8 Å². The van der Waals surface area contributed by atoms with Gasteiger partial charge in [-0.2, -0.15) is 0 Å². The summed E-state index contributed by atoms with van der Waals surface area (Å²) in [5.74, 6) is 3.43. The third-order valence-corrected chi connectivity index (χ3v) is 9.73. The van der Waals surface area contributed by atoms with Crippen LogP contribution in [0.5, 0.6) is 0 Å². The van der Waals surface area contributed by atoms with Crippen molar-refractivity contribution in [1.29, 1.82) is 0 Å². The van der Waals surface area contributed by atoms with Crippen molar-refractivity contribution in [2.45, 2.75) is 84.7 Å². The van der Waals surface area contributed by atoms with E-state index < -0.39 is 0 Å². The number of esters is 1. The minimum absolute atomic E-state index is 0.128. The fourth-order valence-electron chi connectivity index (χ4n) is 8.18. The van der Waals surface area contributed by atoms with Crippen molar-refractivity contribution in [2.24, 2.45) is 40.4 Å². The normalized spacial score (nSPS) is 48.9. The zero-order valence-corrected chi connectivity index (χ0v) is 17.9. The lowest BCUT2D eigenvalue weighted by Gasteiger charge is -2.61. The summed E-state index contributed by atoms with van der Waals surface area (Å²) in [5, 5.41) is 0. The number of hydrogen-bond donors (Lipinski definition) is 0. The molecular weight excluding hydrogens is 360 g/mol. The first-order chi connectivity index (χ1) is 12.8. The molecule has 0 N–H and O–H groups in total. The number of alkyl halides is 1. The molecule has 0 bridgehead atoms. The van der Waals surface area contributed by atoms with E-state index in [0.717, 1.165) is 31.1 Å². The molecule has 4 aliphatic carbocycles. The van der Waals surface area contributed by atoms with Gasteiger partial charge in [-0.05, 0) is 92.3 Å². The summed E-state index contributed by atoms with van der Waals surface area (Å²) >= 11 is 5.94. The Hall–Kier alpha value is -0.570. The standard InChI is InChI=1S/C23H35ClO3/c1-14(25)27-16-8-10-22(2)15(12-16)4-5-17-18-6-7-20(21(26)13-24)23(18,3)11-9-19(17)22/h15-20H,4-13H2,1-3H3/t15-,16+,17-,18-,19-,20+,22-,23-/m0/s1. The van der Waals surface area contributed by atoms with Crippen LogP contribution in [0, 0.1) is 40.4 Å². The van der Waals surface area contributed by atoms with Crippen LogP contribution in [0.25, 0.3) is 0 Å². The summed E-state index contributed by atoms with van der Waals surface area (Å²) in [4.78, 5) is 23.9. The molecule has 4 fully saturated rings. The Morgan fingerprint density at radius 2 is 1.67 bits per heavy atom. The van der Waals surface area contributed by atoms with Crippen LogP contribution in [0.2, 0.25) is 0 Å². The Balaban J connectivity index is 1.53. The van der Waals surface area contributed by atoms with Crippen LogP contribution in [0.1, 0.15) is 78.6 Å². The highest BCUT2D eigenvalue weighted by Gasteiger charge is 2.61. The molecule has 4 heteroatoms. The van der Waals surface area contributed by atoms with Gasteiger partial charge >= 0.3 is 5.97 Å². The molecule has 0 aromatic carbocycles. The molecule has 27 heavy (non-hydrogen) atoms. The summed E-state index contributed by atoms with van der Waals surface area (Å²) < 4.78 is 5.57. The van der Waals surface area contributed by atoms with Crippen LogP contribution in [-0.4, -0.2) is 23.7 Å². The largest absolute Gasteiger partial charge is 0.463 e. The monoisotopic (exact) mass is 394 g/mol. The lowest BCUT2D eigenvalue weighted by molar-refractivity contribution is -0.160. The molecule has 0 amide bonds. The smallest absolute Gasteiger partial charge is 0.302 e. The molecule has 0 unspecified atom stereocenters. The van der Waals surface area contributed by atoms with E-state index >= 15 is 0 Å². The minimum atomic E-state index is -0.133. The first-order valence-corrected chi connectivity index (χ1v) is 11.6. The summed E-state index contributed by atoms with van der Waals surface area (Å²) in [7, 11) is 0. The van der Waals surface area contributed by atoms with Crippen LogP contribution in [0.4, 0.5) is 0 Å². The second kappa shape index (κ2) is 7.04. The molecular formula is C23H35ClO3. The molecule has 0 saturated heterocycles. The Morgan fingerprint density at radius 3 is 2.37 bits per heavy atom. The number of rotatable bonds is 3. The zero-order valence-electron chi connectivity index (χ0n) is 17.1. The molecule has 4 saturated carbocycles. The number of carbonyl (C=O) groups is 2. The Kier molecular flexibility index (Phi) is 5.15. The van der Waals surface area contributed by atoms with Gasteiger partial charge in [0.05, 0.1) is 5.88 Å². The van der Waals surface area contributed by atoms with Crippen molar-refractivity contribution < 1.29 is 14.3 Å².